The van der Waals surface area contributed by atoms with Crippen molar-refractivity contribution in [1.29, 1.82) is 0 Å². The van der Waals surface area contributed by atoms with E-state index in [0.29, 0.717) is 11.8 Å². The van der Waals surface area contributed by atoms with Crippen LogP contribution in [0.25, 0.3) is 77.2 Å². The van der Waals surface area contributed by atoms with Crippen LogP contribution in [0.4, 0.5) is 0 Å². The predicted molar refractivity (Wildman–Crippen MR) is 238 cm³/mol. The van der Waals surface area contributed by atoms with Gasteiger partial charge in [0.2, 0.25) is 0 Å². The summed E-state index contributed by atoms with van der Waals surface area (Å²) in [6.45, 7) is 0. The van der Waals surface area contributed by atoms with Gasteiger partial charge in [-0.2, -0.15) is 0 Å². The molecule has 0 unspecified atom stereocenters. The highest BCUT2D eigenvalue weighted by Gasteiger charge is 2.22. The molecule has 0 bridgehead atoms. The van der Waals surface area contributed by atoms with Gasteiger partial charge in [0.25, 0.3) is 0 Å². The maximum Gasteiger partial charge on any atom is 0.0547 e. The molecule has 0 atom stereocenters. The Morgan fingerprint density at radius 1 is 0.339 bits per heavy atom. The van der Waals surface area contributed by atoms with Gasteiger partial charge in [-0.05, 0) is 126 Å². The van der Waals surface area contributed by atoms with Crippen molar-refractivity contribution in [2.24, 2.45) is 0 Å². The molecule has 274 valence electrons. The van der Waals surface area contributed by atoms with E-state index in [1.807, 2.05) is 0 Å². The van der Waals surface area contributed by atoms with E-state index in [0.717, 1.165) is 0 Å². The quantitative estimate of drug-likeness (QED) is 0.162. The highest BCUT2D eigenvalue weighted by molar-refractivity contribution is 6.11. The third-order valence-electron chi connectivity index (χ3n) is 13.3. The van der Waals surface area contributed by atoms with Crippen LogP contribution in [0.1, 0.15) is 87.2 Å². The molecule has 0 spiro atoms. The number of hydrogen-bond donors (Lipinski definition) is 0. The molecule has 7 aromatic carbocycles. The summed E-state index contributed by atoms with van der Waals surface area (Å²) < 4.78 is 4.97. The second-order valence-electron chi connectivity index (χ2n) is 16.6. The molecule has 9 aromatic rings. The number of para-hydroxylation sites is 3. The van der Waals surface area contributed by atoms with Crippen molar-refractivity contribution in [3.63, 3.8) is 0 Å². The average Bonchev–Trinajstić information content (AvgIpc) is 3.79. The van der Waals surface area contributed by atoms with Crippen LogP contribution >= 0.6 is 0 Å². The van der Waals surface area contributed by atoms with E-state index in [9.17, 15) is 0 Å². The molecular weight excluding hydrogens is 677 g/mol. The lowest BCUT2D eigenvalue weighted by Gasteiger charge is -2.22. The molecule has 0 amide bonds. The minimum atomic E-state index is 0.677. The van der Waals surface area contributed by atoms with Gasteiger partial charge in [0, 0.05) is 32.8 Å². The van der Waals surface area contributed by atoms with Crippen molar-refractivity contribution in [2.45, 2.75) is 76.0 Å². The first kappa shape index (κ1) is 33.5. The molecule has 0 radical (unpaired) electrons. The number of hydrogen-bond acceptors (Lipinski definition) is 0. The Morgan fingerprint density at radius 3 is 1.62 bits per heavy atom. The van der Waals surface area contributed by atoms with Crippen molar-refractivity contribution in [3.05, 3.63) is 169 Å². The zero-order valence-corrected chi connectivity index (χ0v) is 32.1. The van der Waals surface area contributed by atoms with Crippen molar-refractivity contribution in [3.8, 4) is 33.6 Å². The third kappa shape index (κ3) is 5.69. The molecule has 0 N–H and O–H groups in total. The maximum atomic E-state index is 2.57. The minimum absolute atomic E-state index is 0.677. The second-order valence-corrected chi connectivity index (χ2v) is 16.6. The summed E-state index contributed by atoms with van der Waals surface area (Å²) in [4.78, 5) is 0. The van der Waals surface area contributed by atoms with Gasteiger partial charge in [0.1, 0.15) is 0 Å². The number of nitrogens with zero attached hydrogens (tertiary/aromatic N) is 2. The Morgan fingerprint density at radius 2 is 0.911 bits per heavy atom. The normalized spacial score (nSPS) is 15.7. The molecule has 56 heavy (non-hydrogen) atoms. The molecule has 2 aliphatic carbocycles. The van der Waals surface area contributed by atoms with Crippen molar-refractivity contribution >= 4 is 43.6 Å². The fourth-order valence-corrected chi connectivity index (χ4v) is 10.5. The fourth-order valence-electron chi connectivity index (χ4n) is 10.5. The highest BCUT2D eigenvalue weighted by Crippen LogP contribution is 2.43. The maximum absolute atomic E-state index is 2.57. The van der Waals surface area contributed by atoms with E-state index in [2.05, 4.69) is 167 Å². The zero-order chi connectivity index (χ0) is 37.0. The van der Waals surface area contributed by atoms with Crippen LogP contribution in [0.15, 0.2) is 158 Å². The Kier molecular flexibility index (Phi) is 8.38. The van der Waals surface area contributed by atoms with Crippen molar-refractivity contribution < 1.29 is 0 Å². The van der Waals surface area contributed by atoms with Crippen LogP contribution < -0.4 is 0 Å². The molecule has 0 aliphatic heterocycles. The molecule has 2 nitrogen and oxygen atoms in total. The van der Waals surface area contributed by atoms with Gasteiger partial charge in [-0.15, -0.1) is 0 Å². The van der Waals surface area contributed by atoms with E-state index in [4.69, 9.17) is 0 Å². The number of rotatable bonds is 6. The lowest BCUT2D eigenvalue weighted by Crippen LogP contribution is -2.04. The van der Waals surface area contributed by atoms with Crippen LogP contribution in [0.5, 0.6) is 0 Å². The summed E-state index contributed by atoms with van der Waals surface area (Å²) in [5.41, 5.74) is 15.5. The Hall–Kier alpha value is -5.86. The molecule has 2 fully saturated rings. The zero-order valence-electron chi connectivity index (χ0n) is 32.1. The van der Waals surface area contributed by atoms with Gasteiger partial charge in [0.05, 0.1) is 27.8 Å². The molecule has 2 aromatic heterocycles. The first-order chi connectivity index (χ1) is 27.8. The van der Waals surface area contributed by atoms with Gasteiger partial charge >= 0.3 is 0 Å². The molecule has 2 heterocycles. The lowest BCUT2D eigenvalue weighted by atomic mass is 9.83. The summed E-state index contributed by atoms with van der Waals surface area (Å²) in [6, 6.07) is 59.7. The van der Waals surface area contributed by atoms with E-state index < -0.39 is 0 Å². The first-order valence-electron chi connectivity index (χ1n) is 21.2. The Labute approximate surface area is 330 Å². The van der Waals surface area contributed by atoms with Crippen LogP contribution in [0, 0.1) is 0 Å². The summed E-state index contributed by atoms with van der Waals surface area (Å²) in [6.07, 6.45) is 13.5. The number of benzene rings is 7. The van der Waals surface area contributed by atoms with Gasteiger partial charge in [-0.1, -0.05) is 136 Å². The number of fused-ring (bicyclic) bond motifs is 6. The van der Waals surface area contributed by atoms with Crippen LogP contribution in [0.2, 0.25) is 0 Å². The van der Waals surface area contributed by atoms with E-state index >= 15 is 0 Å². The largest absolute Gasteiger partial charge is 0.309 e. The standard InChI is InChI=1S/C54H48N2/c1-4-15-37(16-5-1)40-28-31-52-48(34-40)49-35-41(38-17-6-2-7-18-38)29-32-53(49)56(52)50-25-12-10-23-45(50)43-20-14-19-39(33-43)42-27-30-47-46-24-11-13-26-51(46)55(54(47)36-42)44-21-8-3-9-22-44/h3,8-14,19-38H,1-2,4-7,15-18H2. The summed E-state index contributed by atoms with van der Waals surface area (Å²) in [5, 5.41) is 5.38. The summed E-state index contributed by atoms with van der Waals surface area (Å²) >= 11 is 0. The smallest absolute Gasteiger partial charge is 0.0547 e. The van der Waals surface area contributed by atoms with Crippen LogP contribution in [-0.4, -0.2) is 9.13 Å². The topological polar surface area (TPSA) is 9.86 Å². The van der Waals surface area contributed by atoms with Crippen LogP contribution in [-0.2, 0) is 0 Å². The molecule has 11 rings (SSSR count). The van der Waals surface area contributed by atoms with Gasteiger partial charge < -0.3 is 9.13 Å². The lowest BCUT2D eigenvalue weighted by molar-refractivity contribution is 0.444. The predicted octanol–water partition coefficient (Wildman–Crippen LogP) is 15.3. The Bertz CT molecular complexity index is 2800. The van der Waals surface area contributed by atoms with E-state index in [1.165, 1.54) is 153 Å². The SMILES string of the molecule is c1ccc(-n2c3ccccc3c3ccc(-c4cccc(-c5ccccc5-n5c6ccc(C7CCCCC7)cc6c6cc(C7CCCCC7)ccc65)c4)cc32)cc1. The fraction of sp³-hybridized carbons (Fsp3) is 0.222. The van der Waals surface area contributed by atoms with Crippen molar-refractivity contribution in [2.75, 3.05) is 0 Å². The molecule has 2 saturated carbocycles. The summed E-state index contributed by atoms with van der Waals surface area (Å²) in [7, 11) is 0. The Balaban J connectivity index is 1.06. The third-order valence-corrected chi connectivity index (χ3v) is 13.3. The molecule has 2 heteroatoms. The van der Waals surface area contributed by atoms with Crippen molar-refractivity contribution in [1.82, 2.24) is 9.13 Å². The van der Waals surface area contributed by atoms with E-state index in [1.54, 1.807) is 0 Å². The average molecular weight is 725 g/mol. The molecular formula is C54H48N2. The summed E-state index contributed by atoms with van der Waals surface area (Å²) in [5.74, 6) is 1.35. The van der Waals surface area contributed by atoms with Gasteiger partial charge in [-0.25, -0.2) is 0 Å². The molecule has 0 saturated heterocycles. The highest BCUT2D eigenvalue weighted by atomic mass is 15.0. The minimum Gasteiger partial charge on any atom is -0.309 e. The molecule has 2 aliphatic rings. The van der Waals surface area contributed by atoms with Gasteiger partial charge in [-0.3, -0.25) is 0 Å². The number of aromatic nitrogens is 2. The van der Waals surface area contributed by atoms with Gasteiger partial charge in [0.15, 0.2) is 0 Å². The van der Waals surface area contributed by atoms with Crippen LogP contribution in [0.3, 0.4) is 0 Å². The first-order valence-corrected chi connectivity index (χ1v) is 21.2. The second kappa shape index (κ2) is 14.0. The monoisotopic (exact) mass is 724 g/mol. The van der Waals surface area contributed by atoms with E-state index in [-0.39, 0.29) is 0 Å².